The maximum Gasteiger partial charge on any atom is 0.489 e. The van der Waals surface area contributed by atoms with Crippen molar-refractivity contribution in [1.29, 1.82) is 0 Å². The van der Waals surface area contributed by atoms with Crippen LogP contribution in [0.5, 0.6) is 0 Å². The van der Waals surface area contributed by atoms with Gasteiger partial charge in [0.25, 0.3) is 0 Å². The zero-order valence-electron chi connectivity index (χ0n) is 75.4. The molecule has 0 bridgehead atoms. The summed E-state index contributed by atoms with van der Waals surface area (Å²) >= 11 is 6.84. The van der Waals surface area contributed by atoms with Crippen LogP contribution < -0.4 is 28.0 Å². The van der Waals surface area contributed by atoms with Gasteiger partial charge in [-0.3, -0.25) is 22.8 Å². The van der Waals surface area contributed by atoms with Crippen molar-refractivity contribution in [3.63, 3.8) is 0 Å². The van der Waals surface area contributed by atoms with Gasteiger partial charge in [-0.15, -0.1) is 0 Å². The van der Waals surface area contributed by atoms with E-state index < -0.39 is 14.2 Å². The van der Waals surface area contributed by atoms with E-state index in [1.54, 1.807) is 25.8 Å². The Kier molecular flexibility index (Phi) is 25.5. The van der Waals surface area contributed by atoms with Crippen LogP contribution in [0.3, 0.4) is 0 Å². The molecule has 25 aromatic rings. The van der Waals surface area contributed by atoms with Crippen LogP contribution in [0.4, 0.5) is 0 Å². The highest BCUT2D eigenvalue weighted by Crippen LogP contribution is 2.45. The zero-order chi connectivity index (χ0) is 95.3. The second-order valence-corrected chi connectivity index (χ2v) is 35.9. The number of hydrogen-bond donors (Lipinski definition) is 5. The van der Waals surface area contributed by atoms with Gasteiger partial charge in [-0.2, -0.15) is 0 Å². The van der Waals surface area contributed by atoms with Gasteiger partial charge in [-0.25, -0.2) is 14.4 Å². The molecule has 0 spiro atoms. The summed E-state index contributed by atoms with van der Waals surface area (Å²) in [7, 11) is -2.92. The van der Waals surface area contributed by atoms with Crippen molar-refractivity contribution in [3.8, 4) is 95.2 Å². The van der Waals surface area contributed by atoms with Crippen LogP contribution >= 0.6 is 31.9 Å². The first kappa shape index (κ1) is 89.7. The predicted octanol–water partition coefficient (Wildman–Crippen LogP) is 27.1. The Labute approximate surface area is 823 Å². The third-order valence-corrected chi connectivity index (χ3v) is 26.7. The minimum absolute atomic E-state index is 0.0824. The van der Waals surface area contributed by atoms with Gasteiger partial charge in [0.05, 0.1) is 61.5 Å². The highest BCUT2D eigenvalue weighted by molar-refractivity contribution is 9.10. The molecule has 670 valence electrons. The molecule has 0 amide bonds. The zero-order valence-corrected chi connectivity index (χ0v) is 78.6. The molecule has 13 nitrogen and oxygen atoms in total. The Morgan fingerprint density at radius 3 is 0.800 bits per heavy atom. The Bertz CT molecular complexity index is 8960. The first-order valence-corrected chi connectivity index (χ1v) is 47.6. The van der Waals surface area contributed by atoms with Crippen molar-refractivity contribution in [2.24, 2.45) is 0 Å². The number of imidazole rings is 3. The van der Waals surface area contributed by atoms with Crippen LogP contribution in [0.2, 0.25) is 0 Å². The summed E-state index contributed by atoms with van der Waals surface area (Å²) < 4.78 is 10.8. The van der Waals surface area contributed by atoms with Gasteiger partial charge in [0.2, 0.25) is 0 Å². The third kappa shape index (κ3) is 17.9. The molecule has 0 aliphatic carbocycles. The molecule has 140 heavy (non-hydrogen) atoms. The Balaban J connectivity index is 0.000000113. The molecule has 0 radical (unpaired) electrons. The molecule has 17 heteroatoms. The van der Waals surface area contributed by atoms with E-state index in [9.17, 15) is 24.4 Å². The molecule has 3 aromatic heterocycles. The topological polar surface area (TPSA) is 173 Å². The number of hydrogen-bond acceptors (Lipinski definition) is 7. The highest BCUT2D eigenvalue weighted by atomic mass is 79.9. The second-order valence-electron chi connectivity index (χ2n) is 34.1. The average Bonchev–Trinajstić information content (AvgIpc) is 0.868. The lowest BCUT2D eigenvalue weighted by molar-refractivity contribution is 0.425. The fourth-order valence-electron chi connectivity index (χ4n) is 19.1. The third-order valence-electron chi connectivity index (χ3n) is 25.7. The molecule has 3 heterocycles. The molecular formula is C123H86B2Br2N6O7. The minimum Gasteiger partial charge on any atom is -0.423 e. The van der Waals surface area contributed by atoms with E-state index >= 15 is 0 Å². The van der Waals surface area contributed by atoms with Crippen LogP contribution in [0.1, 0.15) is 0 Å². The lowest BCUT2D eigenvalue weighted by Gasteiger charge is -2.18. The van der Waals surface area contributed by atoms with Crippen molar-refractivity contribution in [2.45, 2.75) is 0 Å². The largest absolute Gasteiger partial charge is 0.489 e. The first-order valence-electron chi connectivity index (χ1n) is 46.0. The van der Waals surface area contributed by atoms with Crippen LogP contribution in [-0.2, 0) is 0 Å². The fourth-order valence-corrected chi connectivity index (χ4v) is 19.6. The maximum atomic E-state index is 14.3. The summed E-state index contributed by atoms with van der Waals surface area (Å²) in [4.78, 5) is 42.5. The monoisotopic (exact) mass is 1940 g/mol. The Morgan fingerprint density at radius 2 is 0.457 bits per heavy atom. The number of para-hydroxylation sites is 6. The first-order chi connectivity index (χ1) is 68.7. The van der Waals surface area contributed by atoms with Crippen molar-refractivity contribution >= 4 is 155 Å². The maximum absolute atomic E-state index is 14.3. The number of halogens is 2. The molecule has 5 N–H and O–H groups in total. The van der Waals surface area contributed by atoms with E-state index in [4.69, 9.17) is 10.0 Å². The molecule has 25 rings (SSSR count). The van der Waals surface area contributed by atoms with Gasteiger partial charge in [0.15, 0.2) is 0 Å². The fraction of sp³-hybridized carbons (Fsp3) is 0. The quantitative estimate of drug-likeness (QED) is 0.0564. The number of H-pyrrole nitrogens is 1. The molecule has 0 fully saturated rings. The molecule has 0 unspecified atom stereocenters. The number of aromatic amines is 1. The van der Waals surface area contributed by atoms with E-state index in [1.165, 1.54) is 59.8 Å². The molecule has 0 saturated heterocycles. The average molecular weight is 1940 g/mol. The van der Waals surface area contributed by atoms with E-state index in [2.05, 4.69) is 243 Å². The normalized spacial score (nSPS) is 11.2. The van der Waals surface area contributed by atoms with Gasteiger partial charge in [0, 0.05) is 8.95 Å². The van der Waals surface area contributed by atoms with Gasteiger partial charge >= 0.3 is 31.3 Å². The number of nitrogens with zero attached hydrogens (tertiary/aromatic N) is 5. The lowest BCUT2D eigenvalue weighted by atomic mass is 9.72. The summed E-state index contributed by atoms with van der Waals surface area (Å²) in [6.07, 6.45) is 0. The van der Waals surface area contributed by atoms with Crippen molar-refractivity contribution < 1.29 is 20.1 Å². The van der Waals surface area contributed by atoms with Crippen molar-refractivity contribution in [3.05, 3.63) is 532 Å². The standard InChI is InChI=1S/C49H32N2O.C25H17BrN2O.C24H17BO2.C13H9BrN2O.C12H11BO2/c52-49-50(39-28-24-35(25-29-39)33-12-2-1-3-13-33)45-20-10-11-21-46(45)51(49)40-30-26-36(27-31-40)47-41-16-6-8-18-43(41)48(44-19-9-7-17-42(44)47)38-23-22-34-14-4-5-15-37(34)32-38;26-20-12-16-22(17-13-20)28-24-9-5-4-8-23(24)27(25(28)29)21-14-10-19(11-15-21)18-6-2-1-3-7-18;26-25(27)24-21-11-5-3-9-19(21)23(20-10-4-6-12-22(20)24)18-14-13-16-7-1-2-8-17(16)15-18;14-9-5-7-10(8-6-9)16-12-4-2-1-3-11(12)15-13(16)17;14-13(15)12-8-6-11(7-9-12)10-4-2-1-3-5-10/h1-32H;1-17H;1-15,26-27H;1-8H,(H,15,17);1-9,14-15H. The number of fused-ring (bicyclic) bond motifs is 9. The SMILES string of the molecule is O=c1[nH]c2ccccc2n1-c1ccc(Br)cc1.O=c1n(-c2ccc(-c3ccccc3)cc2)c2ccccc2n1-c1ccc(-c2c3ccccc3c(-c3ccc4ccccc4c3)c3ccccc23)cc1.O=c1n(-c2ccc(Br)cc2)c2ccccc2n1-c1ccc(-c2ccccc2)cc1.OB(O)c1c2ccccc2c(-c2ccc3ccccc3c2)c2ccccc12.OB(O)c1ccc(-c2ccccc2)cc1. The number of nitrogens with one attached hydrogen (secondary N) is 1. The number of benzene rings is 22. The van der Waals surface area contributed by atoms with Gasteiger partial charge in [-0.1, -0.05) is 390 Å². The number of rotatable bonds is 13. The summed E-state index contributed by atoms with van der Waals surface area (Å²) in [6, 6.07) is 165. The van der Waals surface area contributed by atoms with Crippen LogP contribution in [0.15, 0.2) is 515 Å². The molecule has 0 aliphatic rings. The van der Waals surface area contributed by atoms with Crippen LogP contribution in [-0.4, -0.2) is 62.2 Å². The Morgan fingerprint density at radius 1 is 0.207 bits per heavy atom. The van der Waals surface area contributed by atoms with E-state index in [0.717, 1.165) is 142 Å². The molecule has 0 atom stereocenters. The smallest absolute Gasteiger partial charge is 0.423 e. The molecular weight excluding hydrogens is 1850 g/mol. The summed E-state index contributed by atoms with van der Waals surface area (Å²) in [5.41, 5.74) is 23.9. The lowest BCUT2D eigenvalue weighted by Crippen LogP contribution is -2.31. The van der Waals surface area contributed by atoms with Crippen molar-refractivity contribution in [1.82, 2.24) is 27.8 Å². The summed E-state index contributed by atoms with van der Waals surface area (Å²) in [6.45, 7) is 0. The number of aromatic nitrogens is 6. The summed E-state index contributed by atoms with van der Waals surface area (Å²) in [5.74, 6) is 0. The minimum atomic E-state index is -1.52. The van der Waals surface area contributed by atoms with Gasteiger partial charge in [0.1, 0.15) is 0 Å². The highest BCUT2D eigenvalue weighted by Gasteiger charge is 2.25. The van der Waals surface area contributed by atoms with Crippen LogP contribution in [0, 0.1) is 0 Å². The van der Waals surface area contributed by atoms with E-state index in [0.29, 0.717) is 10.9 Å². The van der Waals surface area contributed by atoms with E-state index in [-0.39, 0.29) is 17.1 Å². The molecule has 0 saturated carbocycles. The summed E-state index contributed by atoms with van der Waals surface area (Å²) in [5, 5.41) is 51.5. The van der Waals surface area contributed by atoms with Crippen LogP contribution in [0.25, 0.3) is 193 Å². The van der Waals surface area contributed by atoms with Crippen molar-refractivity contribution in [2.75, 3.05) is 0 Å². The van der Waals surface area contributed by atoms with Gasteiger partial charge < -0.3 is 25.1 Å². The second kappa shape index (κ2) is 39.8. The Hall–Kier alpha value is -16.9. The molecule has 22 aromatic carbocycles. The molecule has 0 aliphatic heterocycles. The predicted molar refractivity (Wildman–Crippen MR) is 587 cm³/mol. The van der Waals surface area contributed by atoms with Gasteiger partial charge in [-0.05, 0) is 276 Å². The van der Waals surface area contributed by atoms with E-state index in [1.807, 2.05) is 282 Å².